The van der Waals surface area contributed by atoms with Crippen molar-refractivity contribution in [1.82, 2.24) is 10.2 Å². The van der Waals surface area contributed by atoms with Gasteiger partial charge in [-0.25, -0.2) is 0 Å². The number of likely N-dealkylation sites (N-methyl/N-ethyl adjacent to an activating group) is 1. The normalized spacial score (nSPS) is 20.2. The van der Waals surface area contributed by atoms with E-state index in [1.807, 2.05) is 0 Å². The second-order valence-electron chi connectivity index (χ2n) is 4.38. The molecule has 0 aromatic rings. The molecule has 1 atom stereocenters. The summed E-state index contributed by atoms with van der Waals surface area (Å²) >= 11 is 0. The van der Waals surface area contributed by atoms with E-state index in [9.17, 15) is 4.79 Å². The quantitative estimate of drug-likeness (QED) is 0.671. The number of carbonyl (C=O) groups is 1. The molecule has 0 bridgehead atoms. The van der Waals surface area contributed by atoms with Gasteiger partial charge in [-0.3, -0.25) is 4.79 Å². The van der Waals surface area contributed by atoms with E-state index >= 15 is 0 Å². The van der Waals surface area contributed by atoms with Crippen LogP contribution < -0.4 is 11.1 Å². The van der Waals surface area contributed by atoms with Crippen molar-refractivity contribution in [2.45, 2.75) is 25.3 Å². The fourth-order valence-corrected chi connectivity index (χ4v) is 2.11. The van der Waals surface area contributed by atoms with Crippen LogP contribution in [0.1, 0.15) is 19.3 Å². The van der Waals surface area contributed by atoms with Gasteiger partial charge in [0.2, 0.25) is 5.91 Å². The minimum absolute atomic E-state index is 0.104. The summed E-state index contributed by atoms with van der Waals surface area (Å²) in [6.07, 6.45) is 2.51. The first kappa shape index (κ1) is 12.9. The predicted octanol–water partition coefficient (Wildman–Crippen LogP) is -0.315. The van der Waals surface area contributed by atoms with Gasteiger partial charge in [0.1, 0.15) is 6.04 Å². The summed E-state index contributed by atoms with van der Waals surface area (Å²) in [5.41, 5.74) is 5.18. The summed E-state index contributed by atoms with van der Waals surface area (Å²) in [7, 11) is 1.80. The Bertz CT molecular complexity index is 266. The van der Waals surface area contributed by atoms with E-state index in [-0.39, 0.29) is 11.9 Å². The number of nitrogens with zero attached hydrogens (tertiary/aromatic N) is 2. The summed E-state index contributed by atoms with van der Waals surface area (Å²) in [5.74, 6) is 0.229. The molecule has 16 heavy (non-hydrogen) atoms. The van der Waals surface area contributed by atoms with Crippen molar-refractivity contribution < 1.29 is 4.79 Å². The van der Waals surface area contributed by atoms with Crippen LogP contribution in [0.2, 0.25) is 0 Å². The summed E-state index contributed by atoms with van der Waals surface area (Å²) in [4.78, 5) is 13.0. The van der Waals surface area contributed by atoms with E-state index in [0.29, 0.717) is 12.3 Å². The van der Waals surface area contributed by atoms with Crippen LogP contribution in [-0.4, -0.2) is 43.5 Å². The van der Waals surface area contributed by atoms with E-state index < -0.39 is 0 Å². The van der Waals surface area contributed by atoms with Crippen LogP contribution in [0.3, 0.4) is 0 Å². The molecular formula is C11H20N4O. The lowest BCUT2D eigenvalue weighted by atomic mass is 9.93. The van der Waals surface area contributed by atoms with Gasteiger partial charge in [0.15, 0.2) is 0 Å². The highest BCUT2D eigenvalue weighted by atomic mass is 16.1. The Morgan fingerprint density at radius 3 is 2.69 bits per heavy atom. The lowest BCUT2D eigenvalue weighted by Gasteiger charge is -2.32. The lowest BCUT2D eigenvalue weighted by Crippen LogP contribution is -2.43. The van der Waals surface area contributed by atoms with E-state index in [4.69, 9.17) is 11.0 Å². The Kier molecular flexibility index (Phi) is 5.23. The maximum absolute atomic E-state index is 10.8. The van der Waals surface area contributed by atoms with Crippen molar-refractivity contribution in [2.75, 3.05) is 26.7 Å². The van der Waals surface area contributed by atoms with Gasteiger partial charge >= 0.3 is 0 Å². The Morgan fingerprint density at radius 2 is 2.25 bits per heavy atom. The molecule has 0 aromatic heterocycles. The van der Waals surface area contributed by atoms with Gasteiger partial charge in [0, 0.05) is 13.0 Å². The smallest absolute Gasteiger partial charge is 0.217 e. The number of likely N-dealkylation sites (tertiary alicyclic amines) is 1. The molecular weight excluding hydrogens is 204 g/mol. The zero-order chi connectivity index (χ0) is 12.0. The van der Waals surface area contributed by atoms with Crippen LogP contribution in [0, 0.1) is 17.2 Å². The highest BCUT2D eigenvalue weighted by Gasteiger charge is 2.22. The second-order valence-corrected chi connectivity index (χ2v) is 4.38. The van der Waals surface area contributed by atoms with Gasteiger partial charge in [-0.05, 0) is 38.9 Å². The number of piperidine rings is 1. The van der Waals surface area contributed by atoms with Gasteiger partial charge in [-0.1, -0.05) is 0 Å². The number of amides is 1. The van der Waals surface area contributed by atoms with Crippen molar-refractivity contribution in [2.24, 2.45) is 11.7 Å². The minimum Gasteiger partial charge on any atom is -0.370 e. The van der Waals surface area contributed by atoms with Crippen LogP contribution >= 0.6 is 0 Å². The summed E-state index contributed by atoms with van der Waals surface area (Å²) in [6, 6.07) is 2.11. The Labute approximate surface area is 96.6 Å². The van der Waals surface area contributed by atoms with Gasteiger partial charge in [-0.2, -0.15) is 5.26 Å². The molecule has 1 heterocycles. The number of nitrogens with two attached hydrogens (primary N) is 1. The Hall–Kier alpha value is -1.12. The van der Waals surface area contributed by atoms with Crippen molar-refractivity contribution in [3.63, 3.8) is 0 Å². The Morgan fingerprint density at radius 1 is 1.62 bits per heavy atom. The summed E-state index contributed by atoms with van der Waals surface area (Å²) in [5, 5.41) is 11.8. The lowest BCUT2D eigenvalue weighted by molar-refractivity contribution is -0.119. The summed E-state index contributed by atoms with van der Waals surface area (Å²) < 4.78 is 0. The average molecular weight is 224 g/mol. The first-order valence-electron chi connectivity index (χ1n) is 5.73. The number of primary amides is 1. The van der Waals surface area contributed by atoms with E-state index in [1.54, 1.807) is 7.05 Å². The molecule has 1 fully saturated rings. The van der Waals surface area contributed by atoms with Gasteiger partial charge < -0.3 is 16.0 Å². The SMILES string of the molecule is CNC(C#N)CN1CCC(CC(N)=O)CC1. The van der Waals surface area contributed by atoms with Crippen molar-refractivity contribution in [1.29, 1.82) is 5.26 Å². The third-order valence-electron chi connectivity index (χ3n) is 3.14. The van der Waals surface area contributed by atoms with Crippen molar-refractivity contribution in [3.8, 4) is 6.07 Å². The average Bonchev–Trinajstić information content (AvgIpc) is 2.27. The molecule has 1 aliphatic heterocycles. The molecule has 3 N–H and O–H groups in total. The molecule has 0 aliphatic carbocycles. The third-order valence-corrected chi connectivity index (χ3v) is 3.14. The standard InChI is InChI=1S/C11H20N4O/c1-14-10(7-12)8-15-4-2-9(3-5-15)6-11(13)16/h9-10,14H,2-6,8H2,1H3,(H2,13,16). The van der Waals surface area contributed by atoms with Crippen molar-refractivity contribution >= 4 is 5.91 Å². The minimum atomic E-state index is -0.205. The maximum Gasteiger partial charge on any atom is 0.217 e. The van der Waals surface area contributed by atoms with Crippen LogP contribution in [0.5, 0.6) is 0 Å². The number of nitrogens with one attached hydrogen (secondary N) is 1. The van der Waals surface area contributed by atoms with Crippen LogP contribution in [0.25, 0.3) is 0 Å². The fraction of sp³-hybridized carbons (Fsp3) is 0.818. The van der Waals surface area contributed by atoms with Crippen LogP contribution in [0.4, 0.5) is 0 Å². The molecule has 0 spiro atoms. The zero-order valence-corrected chi connectivity index (χ0v) is 9.78. The highest BCUT2D eigenvalue weighted by Crippen LogP contribution is 2.19. The fourth-order valence-electron chi connectivity index (χ4n) is 2.11. The molecule has 0 radical (unpaired) electrons. The molecule has 5 nitrogen and oxygen atoms in total. The molecule has 1 amide bonds. The van der Waals surface area contributed by atoms with Crippen LogP contribution in [-0.2, 0) is 4.79 Å². The van der Waals surface area contributed by atoms with Gasteiger partial charge in [0.25, 0.3) is 0 Å². The molecule has 1 saturated heterocycles. The van der Waals surface area contributed by atoms with E-state index in [1.165, 1.54) is 0 Å². The number of carbonyl (C=O) groups excluding carboxylic acids is 1. The first-order valence-corrected chi connectivity index (χ1v) is 5.73. The zero-order valence-electron chi connectivity index (χ0n) is 9.78. The van der Waals surface area contributed by atoms with Gasteiger partial charge in [-0.15, -0.1) is 0 Å². The first-order chi connectivity index (χ1) is 7.65. The third kappa shape index (κ3) is 4.17. The molecule has 1 aliphatic rings. The van der Waals surface area contributed by atoms with Crippen LogP contribution in [0.15, 0.2) is 0 Å². The topological polar surface area (TPSA) is 82.2 Å². The molecule has 5 heteroatoms. The number of hydrogen-bond donors (Lipinski definition) is 2. The van der Waals surface area contributed by atoms with E-state index in [0.717, 1.165) is 32.5 Å². The second kappa shape index (κ2) is 6.46. The maximum atomic E-state index is 10.8. The Balaban J connectivity index is 2.27. The molecule has 0 aromatic carbocycles. The predicted molar refractivity (Wildman–Crippen MR) is 61.4 cm³/mol. The summed E-state index contributed by atoms with van der Waals surface area (Å²) in [6.45, 7) is 2.67. The number of nitriles is 1. The van der Waals surface area contributed by atoms with Gasteiger partial charge in [0.05, 0.1) is 6.07 Å². The number of rotatable bonds is 5. The molecule has 1 unspecified atom stereocenters. The monoisotopic (exact) mass is 224 g/mol. The largest absolute Gasteiger partial charge is 0.370 e. The number of hydrogen-bond acceptors (Lipinski definition) is 4. The molecule has 90 valence electrons. The highest BCUT2D eigenvalue weighted by molar-refractivity contribution is 5.73. The van der Waals surface area contributed by atoms with Crippen molar-refractivity contribution in [3.05, 3.63) is 0 Å². The molecule has 0 saturated carbocycles. The van der Waals surface area contributed by atoms with E-state index in [2.05, 4.69) is 16.3 Å². The molecule has 1 rings (SSSR count).